The lowest BCUT2D eigenvalue weighted by molar-refractivity contribution is 0.0938. The third kappa shape index (κ3) is 4.03. The molecule has 3 rings (SSSR count). The Labute approximate surface area is 155 Å². The van der Waals surface area contributed by atoms with Crippen molar-refractivity contribution in [2.45, 2.75) is 32.5 Å². The molecule has 0 unspecified atom stereocenters. The minimum atomic E-state index is -0.882. The summed E-state index contributed by atoms with van der Waals surface area (Å²) in [6.07, 6.45) is -0.882. The van der Waals surface area contributed by atoms with Gasteiger partial charge in [0.25, 0.3) is 5.56 Å². The van der Waals surface area contributed by atoms with Gasteiger partial charge >= 0.3 is 5.69 Å². The Morgan fingerprint density at radius 1 is 1.26 bits per heavy atom. The van der Waals surface area contributed by atoms with Crippen molar-refractivity contribution in [3.63, 3.8) is 0 Å². The summed E-state index contributed by atoms with van der Waals surface area (Å²) >= 11 is 0. The van der Waals surface area contributed by atoms with Gasteiger partial charge in [-0.1, -0.05) is 18.2 Å². The van der Waals surface area contributed by atoms with E-state index in [1.54, 1.807) is 16.7 Å². The van der Waals surface area contributed by atoms with Crippen molar-refractivity contribution < 1.29 is 9.84 Å². The Hall–Kier alpha value is -3.07. The molecule has 144 valence electrons. The number of hydrogen-bond donors (Lipinski definition) is 3. The summed E-state index contributed by atoms with van der Waals surface area (Å²) in [6, 6.07) is 9.21. The molecule has 0 amide bonds. The average molecular weight is 373 g/mol. The highest BCUT2D eigenvalue weighted by Crippen LogP contribution is 2.17. The standard InChI is InChI=1S/C18H23N5O4/c1-11(2)19-17-20-15-14(16(25)21-18(26)22(15)3)23(17)9-12(24)10-27-13-7-5-4-6-8-13/h4-8,11-12,24H,9-10H2,1-3H3,(H,19,20)(H,21,25,26)/t12-/m0/s1. The number of anilines is 1. The fraction of sp³-hybridized carbons (Fsp3) is 0.389. The van der Waals surface area contributed by atoms with Gasteiger partial charge in [-0.2, -0.15) is 4.98 Å². The smallest absolute Gasteiger partial charge is 0.329 e. The SMILES string of the molecule is CC(C)Nc1nc2c(c(=O)[nH]c(=O)n2C)n1C[C@H](O)COc1ccccc1. The fourth-order valence-corrected chi connectivity index (χ4v) is 2.75. The third-order valence-electron chi connectivity index (χ3n) is 4.00. The number of H-pyrrole nitrogens is 1. The third-order valence-corrected chi connectivity index (χ3v) is 4.00. The molecule has 0 aliphatic rings. The Morgan fingerprint density at radius 3 is 2.63 bits per heavy atom. The van der Waals surface area contributed by atoms with Gasteiger partial charge in [0.1, 0.15) is 18.5 Å². The van der Waals surface area contributed by atoms with E-state index < -0.39 is 17.4 Å². The first-order valence-electron chi connectivity index (χ1n) is 8.68. The summed E-state index contributed by atoms with van der Waals surface area (Å²) in [5, 5.41) is 13.6. The molecule has 0 spiro atoms. The lowest BCUT2D eigenvalue weighted by Gasteiger charge is -2.16. The maximum atomic E-state index is 12.4. The largest absolute Gasteiger partial charge is 0.491 e. The van der Waals surface area contributed by atoms with Crippen LogP contribution in [0.4, 0.5) is 5.95 Å². The van der Waals surface area contributed by atoms with Gasteiger partial charge in [-0.3, -0.25) is 14.3 Å². The summed E-state index contributed by atoms with van der Waals surface area (Å²) in [4.78, 5) is 30.9. The molecule has 0 aliphatic carbocycles. The number of ether oxygens (including phenoxy) is 1. The van der Waals surface area contributed by atoms with Gasteiger partial charge in [-0.15, -0.1) is 0 Å². The molecule has 0 saturated carbocycles. The van der Waals surface area contributed by atoms with Gasteiger partial charge < -0.3 is 19.7 Å². The van der Waals surface area contributed by atoms with Crippen molar-refractivity contribution in [3.8, 4) is 5.75 Å². The van der Waals surface area contributed by atoms with Crippen LogP contribution in [0.1, 0.15) is 13.8 Å². The van der Waals surface area contributed by atoms with E-state index in [2.05, 4.69) is 15.3 Å². The zero-order valence-corrected chi connectivity index (χ0v) is 15.5. The number of imidazole rings is 1. The summed E-state index contributed by atoms with van der Waals surface area (Å²) in [7, 11) is 1.53. The molecule has 1 atom stereocenters. The molecule has 9 nitrogen and oxygen atoms in total. The number of aryl methyl sites for hydroxylation is 1. The number of benzene rings is 1. The highest BCUT2D eigenvalue weighted by molar-refractivity contribution is 5.74. The number of fused-ring (bicyclic) bond motifs is 1. The number of para-hydroxylation sites is 1. The topological polar surface area (TPSA) is 114 Å². The number of aliphatic hydroxyl groups excluding tert-OH is 1. The van der Waals surface area contributed by atoms with Crippen LogP contribution < -0.4 is 21.3 Å². The van der Waals surface area contributed by atoms with Crippen LogP contribution in [0, 0.1) is 0 Å². The van der Waals surface area contributed by atoms with Crippen molar-refractivity contribution in [1.29, 1.82) is 0 Å². The molecule has 3 N–H and O–H groups in total. The molecule has 2 aromatic heterocycles. The van der Waals surface area contributed by atoms with Crippen LogP contribution in [0.5, 0.6) is 5.75 Å². The number of aliphatic hydroxyl groups is 1. The molecule has 0 bridgehead atoms. The van der Waals surface area contributed by atoms with Gasteiger partial charge in [0.05, 0.1) is 6.54 Å². The van der Waals surface area contributed by atoms with E-state index in [1.165, 1.54) is 11.6 Å². The van der Waals surface area contributed by atoms with E-state index in [0.717, 1.165) is 0 Å². The maximum Gasteiger partial charge on any atom is 0.329 e. The predicted molar refractivity (Wildman–Crippen MR) is 102 cm³/mol. The van der Waals surface area contributed by atoms with Crippen molar-refractivity contribution in [1.82, 2.24) is 19.1 Å². The summed E-state index contributed by atoms with van der Waals surface area (Å²) < 4.78 is 8.42. The molecule has 27 heavy (non-hydrogen) atoms. The monoisotopic (exact) mass is 373 g/mol. The number of hydrogen-bond acceptors (Lipinski definition) is 6. The van der Waals surface area contributed by atoms with Crippen LogP contribution in [0.15, 0.2) is 39.9 Å². The highest BCUT2D eigenvalue weighted by atomic mass is 16.5. The van der Waals surface area contributed by atoms with Crippen molar-refractivity contribution >= 4 is 17.1 Å². The van der Waals surface area contributed by atoms with Crippen molar-refractivity contribution in [2.24, 2.45) is 7.05 Å². The van der Waals surface area contributed by atoms with E-state index in [1.807, 2.05) is 32.0 Å². The van der Waals surface area contributed by atoms with Gasteiger partial charge in [-0.05, 0) is 26.0 Å². The minimum Gasteiger partial charge on any atom is -0.491 e. The van der Waals surface area contributed by atoms with E-state index in [4.69, 9.17) is 4.74 Å². The maximum absolute atomic E-state index is 12.4. The van der Waals surface area contributed by atoms with Crippen LogP contribution in [0.25, 0.3) is 11.2 Å². The number of rotatable bonds is 7. The Balaban J connectivity index is 1.92. The quantitative estimate of drug-likeness (QED) is 0.561. The first-order valence-corrected chi connectivity index (χ1v) is 8.68. The van der Waals surface area contributed by atoms with E-state index in [-0.39, 0.29) is 30.4 Å². The first kappa shape index (κ1) is 18.7. The Bertz CT molecular complexity index is 1040. The van der Waals surface area contributed by atoms with Crippen molar-refractivity contribution in [3.05, 3.63) is 51.2 Å². The van der Waals surface area contributed by atoms with Crippen LogP contribution in [-0.4, -0.2) is 43.0 Å². The zero-order valence-electron chi connectivity index (χ0n) is 15.5. The van der Waals surface area contributed by atoms with Crippen LogP contribution in [0.2, 0.25) is 0 Å². The number of nitrogens with one attached hydrogen (secondary N) is 2. The Kier molecular flexibility index (Phi) is 5.31. The van der Waals surface area contributed by atoms with Gasteiger partial charge in [0.15, 0.2) is 11.2 Å². The lowest BCUT2D eigenvalue weighted by Crippen LogP contribution is -2.31. The average Bonchev–Trinajstić information content (AvgIpc) is 2.97. The fourth-order valence-electron chi connectivity index (χ4n) is 2.75. The summed E-state index contributed by atoms with van der Waals surface area (Å²) in [6.45, 7) is 4.00. The molecule has 1 aromatic carbocycles. The number of nitrogens with zero attached hydrogens (tertiary/aromatic N) is 3. The van der Waals surface area contributed by atoms with Gasteiger partial charge in [0.2, 0.25) is 5.95 Å². The summed E-state index contributed by atoms with van der Waals surface area (Å²) in [5.74, 6) is 1.05. The van der Waals surface area contributed by atoms with E-state index in [9.17, 15) is 14.7 Å². The minimum absolute atomic E-state index is 0.0501. The van der Waals surface area contributed by atoms with Gasteiger partial charge in [0, 0.05) is 13.1 Å². The predicted octanol–water partition coefficient (Wildman–Crippen LogP) is 0.684. The molecule has 0 aliphatic heterocycles. The summed E-state index contributed by atoms with van der Waals surface area (Å²) in [5.41, 5.74) is -0.614. The first-order chi connectivity index (χ1) is 12.9. The normalized spacial score (nSPS) is 12.5. The van der Waals surface area contributed by atoms with E-state index in [0.29, 0.717) is 11.7 Å². The second-order valence-corrected chi connectivity index (χ2v) is 6.61. The molecular weight excluding hydrogens is 350 g/mol. The Morgan fingerprint density at radius 2 is 1.96 bits per heavy atom. The number of aromatic nitrogens is 4. The van der Waals surface area contributed by atoms with E-state index >= 15 is 0 Å². The highest BCUT2D eigenvalue weighted by Gasteiger charge is 2.20. The van der Waals surface area contributed by atoms with Gasteiger partial charge in [-0.25, -0.2) is 4.79 Å². The molecular formula is C18H23N5O4. The second kappa shape index (κ2) is 7.67. The molecule has 9 heteroatoms. The number of aromatic amines is 1. The molecule has 0 fully saturated rings. The van der Waals surface area contributed by atoms with Crippen LogP contribution in [0.3, 0.4) is 0 Å². The molecule has 3 aromatic rings. The molecule has 2 heterocycles. The molecule has 0 saturated heterocycles. The van der Waals surface area contributed by atoms with Crippen molar-refractivity contribution in [2.75, 3.05) is 11.9 Å². The second-order valence-electron chi connectivity index (χ2n) is 6.61. The van der Waals surface area contributed by atoms with Crippen LogP contribution >= 0.6 is 0 Å². The van der Waals surface area contributed by atoms with Crippen LogP contribution in [-0.2, 0) is 13.6 Å². The molecule has 0 radical (unpaired) electrons. The lowest BCUT2D eigenvalue weighted by atomic mass is 10.3. The zero-order chi connectivity index (χ0) is 19.6.